The Kier molecular flexibility index (Phi) is 16.2. The summed E-state index contributed by atoms with van der Waals surface area (Å²) in [6.07, 6.45) is 9.16. The molecule has 370 valence electrons. The number of hydrogen-bond acceptors (Lipinski definition) is 16. The quantitative estimate of drug-likeness (QED) is 0.0641. The third kappa shape index (κ3) is 11.7. The van der Waals surface area contributed by atoms with E-state index in [1.54, 1.807) is 24.3 Å². The van der Waals surface area contributed by atoms with E-state index in [-0.39, 0.29) is 89.4 Å². The molecule has 0 aromatic heterocycles. The highest BCUT2D eigenvalue weighted by molar-refractivity contribution is 6.05. The smallest absolute Gasteiger partial charge is 0.335 e. The van der Waals surface area contributed by atoms with Gasteiger partial charge in [0.15, 0.2) is 23.0 Å². The van der Waals surface area contributed by atoms with Crippen LogP contribution >= 0.6 is 0 Å². The predicted molar refractivity (Wildman–Crippen MR) is 254 cm³/mol. The lowest BCUT2D eigenvalue weighted by Crippen LogP contribution is -2.35. The average Bonchev–Trinajstić information content (AvgIpc) is 4.04. The number of hydroxylamine groups is 2. The number of ether oxygens (including phenoxy) is 8. The largest absolute Gasteiger partial charge is 0.493 e. The summed E-state index contributed by atoms with van der Waals surface area (Å²) in [4.78, 5) is 80.4. The van der Waals surface area contributed by atoms with E-state index in [4.69, 9.17) is 52.7 Å². The molecule has 5 aliphatic heterocycles. The number of amides is 4. The van der Waals surface area contributed by atoms with Crippen molar-refractivity contribution in [2.45, 2.75) is 71.2 Å². The Labute approximate surface area is 405 Å². The molecule has 0 radical (unpaired) electrons. The molecule has 70 heavy (non-hydrogen) atoms. The Bertz CT molecular complexity index is 2460. The molecule has 19 heteroatoms. The second kappa shape index (κ2) is 23.0. The summed E-state index contributed by atoms with van der Waals surface area (Å²) in [5, 5.41) is 0.509. The minimum Gasteiger partial charge on any atom is -0.493 e. The lowest BCUT2D eigenvalue weighted by Gasteiger charge is -2.20. The fraction of sp³-hybridized carbons (Fsp3) is 0.431. The highest BCUT2D eigenvalue weighted by atomic mass is 16.7. The maximum absolute atomic E-state index is 13.7. The van der Waals surface area contributed by atoms with Crippen LogP contribution < -0.4 is 23.7 Å². The van der Waals surface area contributed by atoms with E-state index in [9.17, 15) is 24.0 Å². The maximum atomic E-state index is 13.7. The van der Waals surface area contributed by atoms with Crippen LogP contribution in [0.4, 0.5) is 11.4 Å². The highest BCUT2D eigenvalue weighted by Crippen LogP contribution is 2.41. The van der Waals surface area contributed by atoms with Gasteiger partial charge in [0.05, 0.1) is 94.9 Å². The second-order valence-electron chi connectivity index (χ2n) is 16.9. The molecule has 4 amide bonds. The van der Waals surface area contributed by atoms with E-state index in [2.05, 4.69) is 0 Å². The number of hydrogen-bond donors (Lipinski definition) is 0. The van der Waals surface area contributed by atoms with Crippen molar-refractivity contribution in [1.29, 1.82) is 0 Å². The Morgan fingerprint density at radius 3 is 1.54 bits per heavy atom. The van der Waals surface area contributed by atoms with Gasteiger partial charge in [0.25, 0.3) is 23.6 Å². The number of rotatable bonds is 22. The standard InChI is InChI=1S/C51H57N5O14/c1-5-32-18-36-26-52-41-24-45(43(62-3)22-39(41)50(60)54(36)28-32)68-30-34-17-35(31-69-46-25-42-40(23-44(46)63-4)51(61)55-29-33(6-2)19-37(55)27-53-42)21-38(20-34)67-16-15-66-14-13-65-12-11-64-10-9-49(59)70-56-47(57)7-8-48(56)58/h5-6,17,20-27,36-37H,7-16,18-19,28-31H2,1-4H3/b32-5+,33-6+/t36-,37-/m0/s1. The van der Waals surface area contributed by atoms with Crippen LogP contribution in [0.3, 0.4) is 0 Å². The first kappa shape index (κ1) is 49.3. The first-order valence-electron chi connectivity index (χ1n) is 23.3. The van der Waals surface area contributed by atoms with Crippen LogP contribution in [0.15, 0.2) is 75.7 Å². The van der Waals surface area contributed by atoms with Crippen molar-refractivity contribution in [3.05, 3.63) is 88.0 Å². The summed E-state index contributed by atoms with van der Waals surface area (Å²) in [6.45, 7) is 6.86. The van der Waals surface area contributed by atoms with Gasteiger partial charge >= 0.3 is 5.97 Å². The zero-order valence-electron chi connectivity index (χ0n) is 39.8. The van der Waals surface area contributed by atoms with E-state index in [0.29, 0.717) is 82.6 Å². The number of benzene rings is 3. The summed E-state index contributed by atoms with van der Waals surface area (Å²) in [6, 6.07) is 12.2. The minimum atomic E-state index is -0.731. The summed E-state index contributed by atoms with van der Waals surface area (Å²) < 4.78 is 47.1. The first-order chi connectivity index (χ1) is 34.0. The average molecular weight is 964 g/mol. The molecule has 0 spiro atoms. The van der Waals surface area contributed by atoms with Crippen LogP contribution in [-0.2, 0) is 46.6 Å². The minimum absolute atomic E-state index is 0.0295. The van der Waals surface area contributed by atoms with Gasteiger partial charge in [-0.15, -0.1) is 5.06 Å². The van der Waals surface area contributed by atoms with E-state index in [1.165, 1.54) is 25.4 Å². The van der Waals surface area contributed by atoms with Gasteiger partial charge in [0, 0.05) is 50.5 Å². The lowest BCUT2D eigenvalue weighted by atomic mass is 10.1. The van der Waals surface area contributed by atoms with Gasteiger partial charge < -0.3 is 52.5 Å². The fourth-order valence-corrected chi connectivity index (χ4v) is 8.55. The molecule has 3 aromatic rings. The number of imide groups is 1. The van der Waals surface area contributed by atoms with Gasteiger partial charge in [-0.2, -0.15) is 0 Å². The molecular weight excluding hydrogens is 907 g/mol. The predicted octanol–water partition coefficient (Wildman–Crippen LogP) is 6.04. The second-order valence-corrected chi connectivity index (χ2v) is 16.9. The molecule has 19 nitrogen and oxygen atoms in total. The van der Waals surface area contributed by atoms with Crippen molar-refractivity contribution < 1.29 is 66.7 Å². The third-order valence-corrected chi connectivity index (χ3v) is 12.3. The molecule has 0 unspecified atom stereocenters. The molecule has 3 saturated heterocycles. The number of methoxy groups -OCH3 is 2. The molecule has 0 N–H and O–H groups in total. The van der Waals surface area contributed by atoms with Gasteiger partial charge in [-0.1, -0.05) is 23.3 Å². The molecular formula is C51H57N5O14. The van der Waals surface area contributed by atoms with Crippen molar-refractivity contribution in [3.8, 4) is 28.7 Å². The zero-order valence-corrected chi connectivity index (χ0v) is 39.8. The number of fused-ring (bicyclic) bond motifs is 4. The number of aliphatic imine (C=N–C) groups is 2. The molecule has 3 aromatic carbocycles. The van der Waals surface area contributed by atoms with Crippen LogP contribution in [0, 0.1) is 0 Å². The fourth-order valence-electron chi connectivity index (χ4n) is 8.55. The third-order valence-electron chi connectivity index (χ3n) is 12.3. The van der Waals surface area contributed by atoms with Crippen molar-refractivity contribution in [2.24, 2.45) is 9.98 Å². The molecule has 0 aliphatic carbocycles. The van der Waals surface area contributed by atoms with E-state index in [1.807, 2.05) is 66.4 Å². The Morgan fingerprint density at radius 1 is 0.600 bits per heavy atom. The van der Waals surface area contributed by atoms with Crippen molar-refractivity contribution in [1.82, 2.24) is 14.9 Å². The SMILES string of the molecule is C/C=C1\C[C@H]2C=Nc3cc(OCc4cc(COc5cc6c(cc5OC)C(=O)N5C/C(=C/C)C[C@H]5C=N6)cc(OCCOCCOCCOCCC(=O)ON5C(=O)CCC5=O)c4)c(OC)cc3C(=O)N2C1. The lowest BCUT2D eigenvalue weighted by molar-refractivity contribution is -0.198. The van der Waals surface area contributed by atoms with Crippen molar-refractivity contribution >= 4 is 53.4 Å². The van der Waals surface area contributed by atoms with Gasteiger partial charge in [0.2, 0.25) is 0 Å². The van der Waals surface area contributed by atoms with Gasteiger partial charge in [-0.3, -0.25) is 29.2 Å². The van der Waals surface area contributed by atoms with Gasteiger partial charge in [-0.25, -0.2) is 4.79 Å². The molecule has 0 bridgehead atoms. The summed E-state index contributed by atoms with van der Waals surface area (Å²) >= 11 is 0. The monoisotopic (exact) mass is 963 g/mol. The van der Waals surface area contributed by atoms with Gasteiger partial charge in [0.1, 0.15) is 25.6 Å². The van der Waals surface area contributed by atoms with Crippen LogP contribution in [0.2, 0.25) is 0 Å². The first-order valence-corrected chi connectivity index (χ1v) is 23.3. The number of nitrogens with zero attached hydrogens (tertiary/aromatic N) is 5. The van der Waals surface area contributed by atoms with Crippen molar-refractivity contribution in [2.75, 3.05) is 73.6 Å². The molecule has 0 saturated carbocycles. The molecule has 2 atom stereocenters. The molecule has 5 aliphatic rings. The van der Waals surface area contributed by atoms with Gasteiger partial charge in [-0.05, 0) is 68.1 Å². The molecule has 5 heterocycles. The molecule has 8 rings (SSSR count). The van der Waals surface area contributed by atoms with Crippen LogP contribution in [0.5, 0.6) is 28.7 Å². The van der Waals surface area contributed by atoms with E-state index >= 15 is 0 Å². The summed E-state index contributed by atoms with van der Waals surface area (Å²) in [7, 11) is 3.06. The zero-order chi connectivity index (χ0) is 49.1. The van der Waals surface area contributed by atoms with Crippen LogP contribution in [0.1, 0.15) is 77.8 Å². The van der Waals surface area contributed by atoms with E-state index < -0.39 is 17.8 Å². The Balaban J connectivity index is 0.883. The van der Waals surface area contributed by atoms with Crippen LogP contribution in [0.25, 0.3) is 0 Å². The molecule has 3 fully saturated rings. The Hall–Kier alpha value is -7.09. The number of allylic oxidation sites excluding steroid dienone is 2. The normalized spacial score (nSPS) is 19.3. The Morgan fingerprint density at radius 2 is 1.07 bits per heavy atom. The maximum Gasteiger partial charge on any atom is 0.335 e. The topological polar surface area (TPSA) is 203 Å². The van der Waals surface area contributed by atoms with E-state index in [0.717, 1.165) is 24.0 Å². The summed E-state index contributed by atoms with van der Waals surface area (Å²) in [5.41, 5.74) is 5.76. The summed E-state index contributed by atoms with van der Waals surface area (Å²) in [5.74, 6) is 0.119. The number of carbonyl (C=O) groups is 5. The highest BCUT2D eigenvalue weighted by Gasteiger charge is 2.37. The van der Waals surface area contributed by atoms with Crippen molar-refractivity contribution in [3.63, 3.8) is 0 Å². The van der Waals surface area contributed by atoms with Crippen LogP contribution in [-0.4, -0.2) is 143 Å². The number of carbonyl (C=O) groups excluding carboxylic acids is 5.